The standard InChI is InChI=1S/C21H30N6O4/c22-19-17-20(24-11-23-19)27(12-25-17)14-6-2-1-5-13(18(14)31)26-15(28)9-21(10-16(29)30)7-3-4-8-21/h11-14,18,31H,1-10H2,(H,26,28)(H,29,30)(H2,22,23,24)/t13-,14+,18+/m0/s1. The number of nitrogens with zero attached hydrogens (tertiary/aromatic N) is 4. The first kappa shape index (κ1) is 21.5. The molecule has 0 spiro atoms. The number of carbonyl (C=O) groups excluding carboxylic acids is 1. The molecule has 2 saturated carbocycles. The van der Waals surface area contributed by atoms with Gasteiger partial charge in [-0.25, -0.2) is 15.0 Å². The van der Waals surface area contributed by atoms with Crippen LogP contribution in [0.4, 0.5) is 5.82 Å². The van der Waals surface area contributed by atoms with Crippen LogP contribution in [0.25, 0.3) is 11.2 Å². The lowest BCUT2D eigenvalue weighted by atomic mass is 9.79. The first-order chi connectivity index (χ1) is 14.9. The molecule has 2 aliphatic carbocycles. The average molecular weight is 431 g/mol. The number of hydrogen-bond donors (Lipinski definition) is 4. The van der Waals surface area contributed by atoms with Gasteiger partial charge in [-0.1, -0.05) is 25.7 Å². The minimum absolute atomic E-state index is 0.0123. The highest BCUT2D eigenvalue weighted by molar-refractivity contribution is 5.81. The van der Waals surface area contributed by atoms with Crippen LogP contribution in [-0.4, -0.2) is 53.8 Å². The van der Waals surface area contributed by atoms with Gasteiger partial charge in [-0.3, -0.25) is 9.59 Å². The van der Waals surface area contributed by atoms with Crippen LogP contribution in [0.1, 0.15) is 70.3 Å². The maximum Gasteiger partial charge on any atom is 0.303 e. The summed E-state index contributed by atoms with van der Waals surface area (Å²) in [5.74, 6) is -0.760. The number of amides is 1. The van der Waals surface area contributed by atoms with Gasteiger partial charge in [0.05, 0.1) is 30.9 Å². The lowest BCUT2D eigenvalue weighted by Gasteiger charge is -2.31. The second-order valence-electron chi connectivity index (χ2n) is 9.05. The number of aromatic nitrogens is 4. The molecule has 2 aliphatic rings. The number of hydrogen-bond acceptors (Lipinski definition) is 7. The highest BCUT2D eigenvalue weighted by Gasteiger charge is 2.39. The van der Waals surface area contributed by atoms with Gasteiger partial charge in [0.1, 0.15) is 11.8 Å². The molecule has 4 rings (SSSR count). The average Bonchev–Trinajstić information content (AvgIpc) is 3.30. The van der Waals surface area contributed by atoms with E-state index in [0.717, 1.165) is 44.9 Å². The van der Waals surface area contributed by atoms with Gasteiger partial charge >= 0.3 is 5.97 Å². The van der Waals surface area contributed by atoms with E-state index in [1.807, 2.05) is 4.57 Å². The fourth-order valence-corrected chi connectivity index (χ4v) is 5.36. The molecule has 2 aromatic heterocycles. The summed E-state index contributed by atoms with van der Waals surface area (Å²) in [6.45, 7) is 0. The fraction of sp³-hybridized carbons (Fsp3) is 0.667. The molecule has 168 valence electrons. The van der Waals surface area contributed by atoms with E-state index < -0.39 is 23.5 Å². The molecule has 0 aliphatic heterocycles. The monoisotopic (exact) mass is 430 g/mol. The highest BCUT2D eigenvalue weighted by Crippen LogP contribution is 2.44. The lowest BCUT2D eigenvalue weighted by Crippen LogP contribution is -2.47. The largest absolute Gasteiger partial charge is 0.481 e. The number of anilines is 1. The molecular formula is C21H30N6O4. The van der Waals surface area contributed by atoms with Gasteiger partial charge in [0.15, 0.2) is 11.5 Å². The molecule has 0 bridgehead atoms. The maximum atomic E-state index is 12.9. The second kappa shape index (κ2) is 8.78. The molecule has 2 heterocycles. The number of nitrogens with one attached hydrogen (secondary N) is 1. The third kappa shape index (κ3) is 4.48. The van der Waals surface area contributed by atoms with Gasteiger partial charge in [-0.2, -0.15) is 0 Å². The summed E-state index contributed by atoms with van der Waals surface area (Å²) < 4.78 is 1.82. The van der Waals surface area contributed by atoms with Crippen LogP contribution >= 0.6 is 0 Å². The third-order valence-corrected chi connectivity index (χ3v) is 6.89. The Morgan fingerprint density at radius 1 is 1.13 bits per heavy atom. The zero-order valence-corrected chi connectivity index (χ0v) is 17.5. The van der Waals surface area contributed by atoms with Gasteiger partial charge < -0.3 is 25.8 Å². The normalized spacial score (nSPS) is 25.9. The van der Waals surface area contributed by atoms with Gasteiger partial charge in [0.2, 0.25) is 5.91 Å². The van der Waals surface area contributed by atoms with Crippen molar-refractivity contribution < 1.29 is 19.8 Å². The van der Waals surface area contributed by atoms with Crippen LogP contribution in [0.3, 0.4) is 0 Å². The predicted molar refractivity (Wildman–Crippen MR) is 113 cm³/mol. The number of carbonyl (C=O) groups is 2. The summed E-state index contributed by atoms with van der Waals surface area (Å²) in [7, 11) is 0. The maximum absolute atomic E-state index is 12.9. The molecule has 31 heavy (non-hydrogen) atoms. The summed E-state index contributed by atoms with van der Waals surface area (Å²) in [5.41, 5.74) is 6.48. The van der Waals surface area contributed by atoms with Crippen LogP contribution in [0.15, 0.2) is 12.7 Å². The van der Waals surface area contributed by atoms with Gasteiger partial charge in [0, 0.05) is 6.42 Å². The molecule has 2 fully saturated rings. The Hall–Kier alpha value is -2.75. The van der Waals surface area contributed by atoms with Crippen molar-refractivity contribution in [2.45, 2.75) is 82.4 Å². The molecule has 2 aromatic rings. The Balaban J connectivity index is 1.50. The SMILES string of the molecule is Nc1ncnc2c1ncn2[C@@H]1CCCC[C@H](NC(=O)CC2(CC(=O)O)CCCC2)[C@H]1O. The van der Waals surface area contributed by atoms with E-state index in [9.17, 15) is 19.8 Å². The van der Waals surface area contributed by atoms with Crippen LogP contribution in [0.5, 0.6) is 0 Å². The van der Waals surface area contributed by atoms with Crippen molar-refractivity contribution >= 4 is 28.9 Å². The minimum atomic E-state index is -0.863. The Morgan fingerprint density at radius 2 is 1.87 bits per heavy atom. The fourth-order valence-electron chi connectivity index (χ4n) is 5.36. The molecule has 3 atom stereocenters. The molecule has 5 N–H and O–H groups in total. The second-order valence-corrected chi connectivity index (χ2v) is 9.05. The van der Waals surface area contributed by atoms with E-state index in [1.54, 1.807) is 6.33 Å². The molecule has 0 radical (unpaired) electrons. The van der Waals surface area contributed by atoms with Crippen molar-refractivity contribution in [3.8, 4) is 0 Å². The highest BCUT2D eigenvalue weighted by atomic mass is 16.4. The quantitative estimate of drug-likeness (QED) is 0.505. The number of nitrogens with two attached hydrogens (primary N) is 1. The first-order valence-electron chi connectivity index (χ1n) is 11.0. The van der Waals surface area contributed by atoms with Crippen molar-refractivity contribution in [3.05, 3.63) is 12.7 Å². The Bertz CT molecular complexity index is 954. The molecule has 1 amide bonds. The van der Waals surface area contributed by atoms with E-state index in [4.69, 9.17) is 5.73 Å². The molecular weight excluding hydrogens is 400 g/mol. The number of carboxylic acids is 1. The number of fused-ring (bicyclic) bond motifs is 1. The number of aliphatic carboxylic acids is 1. The van der Waals surface area contributed by atoms with Crippen LogP contribution < -0.4 is 11.1 Å². The smallest absolute Gasteiger partial charge is 0.303 e. The van der Waals surface area contributed by atoms with Crippen LogP contribution in [-0.2, 0) is 9.59 Å². The number of rotatable bonds is 6. The number of aliphatic hydroxyl groups is 1. The zero-order valence-electron chi connectivity index (χ0n) is 17.5. The Kier molecular flexibility index (Phi) is 6.08. The zero-order chi connectivity index (χ0) is 22.0. The van der Waals surface area contributed by atoms with Gasteiger partial charge in [0.25, 0.3) is 0 Å². The molecule has 10 heteroatoms. The number of nitrogen functional groups attached to an aromatic ring is 1. The molecule has 0 aromatic carbocycles. The van der Waals surface area contributed by atoms with E-state index in [1.165, 1.54) is 6.33 Å². The Morgan fingerprint density at radius 3 is 2.61 bits per heavy atom. The van der Waals surface area contributed by atoms with Gasteiger partial charge in [-0.15, -0.1) is 0 Å². The van der Waals surface area contributed by atoms with Crippen molar-refractivity contribution in [3.63, 3.8) is 0 Å². The third-order valence-electron chi connectivity index (χ3n) is 6.89. The first-order valence-corrected chi connectivity index (χ1v) is 11.0. The Labute approximate surface area is 180 Å². The van der Waals surface area contributed by atoms with E-state index in [-0.39, 0.29) is 30.6 Å². The summed E-state index contributed by atoms with van der Waals surface area (Å²) in [4.78, 5) is 36.8. The number of carboxylic acid groups (broad SMARTS) is 1. The van der Waals surface area contributed by atoms with Crippen molar-refractivity contribution in [2.24, 2.45) is 5.41 Å². The minimum Gasteiger partial charge on any atom is -0.481 e. The van der Waals surface area contributed by atoms with Crippen LogP contribution in [0.2, 0.25) is 0 Å². The molecule has 10 nitrogen and oxygen atoms in total. The van der Waals surface area contributed by atoms with Crippen molar-refractivity contribution in [1.29, 1.82) is 0 Å². The topological polar surface area (TPSA) is 156 Å². The number of aliphatic hydroxyl groups excluding tert-OH is 1. The summed E-state index contributed by atoms with van der Waals surface area (Å²) in [6.07, 6.45) is 8.96. The summed E-state index contributed by atoms with van der Waals surface area (Å²) in [6, 6.07) is -0.716. The van der Waals surface area contributed by atoms with Crippen molar-refractivity contribution in [2.75, 3.05) is 5.73 Å². The molecule has 0 unspecified atom stereocenters. The van der Waals surface area contributed by atoms with E-state index in [0.29, 0.717) is 17.6 Å². The van der Waals surface area contributed by atoms with E-state index >= 15 is 0 Å². The number of imidazole rings is 1. The summed E-state index contributed by atoms with van der Waals surface area (Å²) >= 11 is 0. The van der Waals surface area contributed by atoms with Crippen molar-refractivity contribution in [1.82, 2.24) is 24.8 Å². The summed E-state index contributed by atoms with van der Waals surface area (Å²) in [5, 5.41) is 23.5. The van der Waals surface area contributed by atoms with Crippen LogP contribution in [0, 0.1) is 5.41 Å². The van der Waals surface area contributed by atoms with Gasteiger partial charge in [-0.05, 0) is 31.1 Å². The lowest BCUT2D eigenvalue weighted by molar-refractivity contribution is -0.140. The van der Waals surface area contributed by atoms with E-state index in [2.05, 4.69) is 20.3 Å². The predicted octanol–water partition coefficient (Wildman–Crippen LogP) is 1.79. The molecule has 0 saturated heterocycles.